The van der Waals surface area contributed by atoms with Gasteiger partial charge in [-0.2, -0.15) is 0 Å². The molecule has 0 bridgehead atoms. The van der Waals surface area contributed by atoms with Gasteiger partial charge in [-0.25, -0.2) is 4.79 Å². The Balaban J connectivity index is 1.64. The molecule has 2 amide bonds. The summed E-state index contributed by atoms with van der Waals surface area (Å²) in [4.78, 5) is 11.6. The molecule has 1 saturated carbocycles. The Bertz CT molecular complexity index is 272. The minimum absolute atomic E-state index is 0.106. The fraction of sp³-hybridized carbons (Fsp3) is 0.917. The van der Waals surface area contributed by atoms with Crippen LogP contribution in [0.25, 0.3) is 0 Å². The second kappa shape index (κ2) is 5.69. The van der Waals surface area contributed by atoms with Crippen LogP contribution in [0.5, 0.6) is 0 Å². The van der Waals surface area contributed by atoms with Crippen molar-refractivity contribution in [3.05, 3.63) is 0 Å². The molecule has 0 aromatic carbocycles. The lowest BCUT2D eigenvalue weighted by Gasteiger charge is -2.17. The standard InChI is InChI=1S/C12H22N2O3/c1-8-11(4-5-17-8)14-12(16)13-7-9-2-3-10(15)6-9/h8-11,15H,2-7H2,1H3,(H2,13,14,16)/t8-,9-,10-,11-/m0/s1. The van der Waals surface area contributed by atoms with E-state index in [2.05, 4.69) is 10.6 Å². The quantitative estimate of drug-likeness (QED) is 0.679. The third-order valence-electron chi connectivity index (χ3n) is 3.76. The maximum absolute atomic E-state index is 11.6. The number of aliphatic hydroxyl groups is 1. The highest BCUT2D eigenvalue weighted by Gasteiger charge is 2.26. The van der Waals surface area contributed by atoms with Crippen LogP contribution in [-0.4, -0.2) is 42.5 Å². The molecule has 0 aromatic rings. The molecular formula is C12H22N2O3. The van der Waals surface area contributed by atoms with E-state index < -0.39 is 0 Å². The van der Waals surface area contributed by atoms with Crippen LogP contribution in [0.3, 0.4) is 0 Å². The third-order valence-corrected chi connectivity index (χ3v) is 3.76. The van der Waals surface area contributed by atoms with E-state index in [1.807, 2.05) is 6.92 Å². The molecule has 0 aromatic heterocycles. The molecule has 3 N–H and O–H groups in total. The Morgan fingerprint density at radius 2 is 2.24 bits per heavy atom. The molecule has 17 heavy (non-hydrogen) atoms. The van der Waals surface area contributed by atoms with Crippen LogP contribution < -0.4 is 10.6 Å². The summed E-state index contributed by atoms with van der Waals surface area (Å²) in [5.74, 6) is 0.424. The van der Waals surface area contributed by atoms with Gasteiger partial charge < -0.3 is 20.5 Å². The molecule has 2 aliphatic rings. The molecule has 5 nitrogen and oxygen atoms in total. The zero-order valence-electron chi connectivity index (χ0n) is 10.3. The number of ether oxygens (including phenoxy) is 1. The molecule has 5 heteroatoms. The van der Waals surface area contributed by atoms with Crippen LogP contribution in [0, 0.1) is 5.92 Å². The van der Waals surface area contributed by atoms with Gasteiger partial charge in [0.15, 0.2) is 0 Å². The van der Waals surface area contributed by atoms with E-state index in [1.165, 1.54) is 0 Å². The second-order valence-electron chi connectivity index (χ2n) is 5.16. The smallest absolute Gasteiger partial charge is 0.315 e. The largest absolute Gasteiger partial charge is 0.393 e. The zero-order chi connectivity index (χ0) is 12.3. The van der Waals surface area contributed by atoms with E-state index in [4.69, 9.17) is 4.74 Å². The van der Waals surface area contributed by atoms with Crippen LogP contribution in [0.15, 0.2) is 0 Å². The van der Waals surface area contributed by atoms with Crippen molar-refractivity contribution >= 4 is 6.03 Å². The van der Waals surface area contributed by atoms with E-state index in [-0.39, 0.29) is 24.3 Å². The zero-order valence-corrected chi connectivity index (χ0v) is 10.3. The normalized spacial score (nSPS) is 37.1. The van der Waals surface area contributed by atoms with Gasteiger partial charge in [0.1, 0.15) is 0 Å². The van der Waals surface area contributed by atoms with Crippen LogP contribution in [-0.2, 0) is 4.74 Å². The number of hydrogen-bond donors (Lipinski definition) is 3. The van der Waals surface area contributed by atoms with Crippen molar-refractivity contribution in [2.24, 2.45) is 5.92 Å². The second-order valence-corrected chi connectivity index (χ2v) is 5.16. The Morgan fingerprint density at radius 3 is 2.82 bits per heavy atom. The monoisotopic (exact) mass is 242 g/mol. The fourth-order valence-electron chi connectivity index (χ4n) is 2.61. The molecule has 1 aliphatic carbocycles. The highest BCUT2D eigenvalue weighted by Crippen LogP contribution is 2.24. The van der Waals surface area contributed by atoms with Crippen molar-refractivity contribution < 1.29 is 14.6 Å². The molecule has 98 valence electrons. The molecule has 0 radical (unpaired) electrons. The molecule has 4 atom stereocenters. The van der Waals surface area contributed by atoms with Crippen LogP contribution in [0.4, 0.5) is 4.79 Å². The van der Waals surface area contributed by atoms with Gasteiger partial charge in [0.2, 0.25) is 0 Å². The van der Waals surface area contributed by atoms with E-state index in [0.29, 0.717) is 12.5 Å². The minimum atomic E-state index is -0.173. The maximum atomic E-state index is 11.6. The summed E-state index contributed by atoms with van der Waals surface area (Å²) in [6.07, 6.45) is 3.49. The Labute approximate surface area is 102 Å². The van der Waals surface area contributed by atoms with Crippen LogP contribution in [0.1, 0.15) is 32.6 Å². The minimum Gasteiger partial charge on any atom is -0.393 e. The van der Waals surface area contributed by atoms with Gasteiger partial charge in [0.05, 0.1) is 18.2 Å². The average Bonchev–Trinajstić information content (AvgIpc) is 2.86. The van der Waals surface area contributed by atoms with E-state index >= 15 is 0 Å². The van der Waals surface area contributed by atoms with Crippen molar-refractivity contribution in [1.82, 2.24) is 10.6 Å². The van der Waals surface area contributed by atoms with Crippen molar-refractivity contribution in [2.45, 2.75) is 50.9 Å². The summed E-state index contributed by atoms with van der Waals surface area (Å²) in [7, 11) is 0. The topological polar surface area (TPSA) is 70.6 Å². The van der Waals surface area contributed by atoms with Gasteiger partial charge in [-0.05, 0) is 38.5 Å². The fourth-order valence-corrected chi connectivity index (χ4v) is 2.61. The van der Waals surface area contributed by atoms with E-state index in [1.54, 1.807) is 0 Å². The Hall–Kier alpha value is -0.810. The predicted molar refractivity (Wildman–Crippen MR) is 63.7 cm³/mol. The van der Waals surface area contributed by atoms with Gasteiger partial charge in [0.25, 0.3) is 0 Å². The molecule has 0 spiro atoms. The Morgan fingerprint density at radius 1 is 1.41 bits per heavy atom. The van der Waals surface area contributed by atoms with Crippen molar-refractivity contribution in [3.63, 3.8) is 0 Å². The Kier molecular flexibility index (Phi) is 4.23. The molecule has 0 unspecified atom stereocenters. The summed E-state index contributed by atoms with van der Waals surface area (Å²) in [6.45, 7) is 3.36. The molecule has 2 rings (SSSR count). The number of carbonyl (C=O) groups is 1. The lowest BCUT2D eigenvalue weighted by Crippen LogP contribution is -2.46. The summed E-state index contributed by atoms with van der Waals surface area (Å²) >= 11 is 0. The molecule has 2 fully saturated rings. The number of carbonyl (C=O) groups excluding carboxylic acids is 1. The van der Waals surface area contributed by atoms with Crippen molar-refractivity contribution in [3.8, 4) is 0 Å². The lowest BCUT2D eigenvalue weighted by atomic mass is 10.1. The van der Waals surface area contributed by atoms with Crippen molar-refractivity contribution in [2.75, 3.05) is 13.2 Å². The summed E-state index contributed by atoms with van der Waals surface area (Å²) in [6, 6.07) is 0.0120. The first-order valence-electron chi connectivity index (χ1n) is 6.49. The van der Waals surface area contributed by atoms with Gasteiger partial charge in [-0.1, -0.05) is 0 Å². The van der Waals surface area contributed by atoms with Gasteiger partial charge >= 0.3 is 6.03 Å². The average molecular weight is 242 g/mol. The van der Waals surface area contributed by atoms with Crippen LogP contribution in [0.2, 0.25) is 0 Å². The van der Waals surface area contributed by atoms with E-state index in [0.717, 1.165) is 32.3 Å². The van der Waals surface area contributed by atoms with Crippen molar-refractivity contribution in [1.29, 1.82) is 0 Å². The molecule has 1 aliphatic heterocycles. The third kappa shape index (κ3) is 3.57. The molecule has 1 heterocycles. The number of nitrogens with one attached hydrogen (secondary N) is 2. The lowest BCUT2D eigenvalue weighted by molar-refractivity contribution is 0.114. The van der Waals surface area contributed by atoms with Crippen LogP contribution >= 0.6 is 0 Å². The van der Waals surface area contributed by atoms with E-state index in [9.17, 15) is 9.90 Å². The SMILES string of the molecule is C[C@@H]1OCC[C@@H]1NC(=O)NC[C@H]1CC[C@H](O)C1. The number of amides is 2. The number of aliphatic hydroxyl groups excluding tert-OH is 1. The first-order valence-corrected chi connectivity index (χ1v) is 6.49. The number of hydrogen-bond acceptors (Lipinski definition) is 3. The summed E-state index contributed by atoms with van der Waals surface area (Å²) < 4.78 is 5.38. The summed E-state index contributed by atoms with van der Waals surface area (Å²) in [5.41, 5.74) is 0. The van der Waals surface area contributed by atoms with Gasteiger partial charge in [-0.15, -0.1) is 0 Å². The maximum Gasteiger partial charge on any atom is 0.315 e. The number of rotatable bonds is 3. The highest BCUT2D eigenvalue weighted by molar-refractivity contribution is 5.74. The van der Waals surface area contributed by atoms with Gasteiger partial charge in [0, 0.05) is 13.2 Å². The highest BCUT2D eigenvalue weighted by atomic mass is 16.5. The number of urea groups is 1. The first-order chi connectivity index (χ1) is 8.15. The van der Waals surface area contributed by atoms with Gasteiger partial charge in [-0.3, -0.25) is 0 Å². The molecule has 1 saturated heterocycles. The predicted octanol–water partition coefficient (Wildman–Crippen LogP) is 0.624. The first kappa shape index (κ1) is 12.6. The summed E-state index contributed by atoms with van der Waals surface area (Å²) in [5, 5.41) is 15.2. The molecular weight excluding hydrogens is 220 g/mol.